The fourth-order valence-electron chi connectivity index (χ4n) is 3.84. The summed E-state index contributed by atoms with van der Waals surface area (Å²) in [5.41, 5.74) is 7.16. The molecule has 1 heterocycles. The summed E-state index contributed by atoms with van der Waals surface area (Å²) < 4.78 is 21.6. The Labute approximate surface area is 215 Å². The molecule has 0 amide bonds. The topological polar surface area (TPSA) is 71.1 Å². The first kappa shape index (κ1) is 25.3. The third kappa shape index (κ3) is 6.08. The first-order valence-electron chi connectivity index (χ1n) is 11.5. The van der Waals surface area contributed by atoms with Gasteiger partial charge in [0.05, 0.1) is 34.1 Å². The molecule has 0 aliphatic rings. The minimum absolute atomic E-state index is 0.285. The highest BCUT2D eigenvalue weighted by atomic mass is 32.1. The van der Waals surface area contributed by atoms with Gasteiger partial charge in [0.15, 0.2) is 11.5 Å². The Hall–Kier alpha value is -3.75. The molecule has 1 aromatic heterocycles. The minimum atomic E-state index is 0.285. The maximum Gasteiger partial charge on any atom is 0.207 e. The van der Waals surface area contributed by atoms with Gasteiger partial charge in [-0.3, -0.25) is 4.84 Å². The Morgan fingerprint density at radius 1 is 0.750 bits per heavy atom. The highest BCUT2D eigenvalue weighted by Gasteiger charge is 2.16. The van der Waals surface area contributed by atoms with Crippen LogP contribution in [0, 0.1) is 0 Å². The number of aromatic nitrogens is 1. The van der Waals surface area contributed by atoms with Gasteiger partial charge in [0.1, 0.15) is 12.4 Å². The summed E-state index contributed by atoms with van der Waals surface area (Å²) in [7, 11) is 6.42. The van der Waals surface area contributed by atoms with Gasteiger partial charge < -0.3 is 18.9 Å². The maximum absolute atomic E-state index is 5.81. The van der Waals surface area contributed by atoms with E-state index in [1.807, 2.05) is 42.5 Å². The number of rotatable bonds is 12. The van der Waals surface area contributed by atoms with Gasteiger partial charge in [-0.2, -0.15) is 0 Å². The van der Waals surface area contributed by atoms with E-state index in [0.29, 0.717) is 22.4 Å². The van der Waals surface area contributed by atoms with Crippen LogP contribution in [-0.4, -0.2) is 33.4 Å². The van der Waals surface area contributed by atoms with Crippen LogP contribution in [0.3, 0.4) is 0 Å². The number of benzene rings is 3. The van der Waals surface area contributed by atoms with E-state index in [4.69, 9.17) is 28.8 Å². The third-order valence-electron chi connectivity index (χ3n) is 5.67. The molecule has 8 heteroatoms. The number of aryl methyl sites for hydroxylation is 2. The van der Waals surface area contributed by atoms with E-state index >= 15 is 0 Å². The second-order valence-electron chi connectivity index (χ2n) is 7.93. The predicted octanol–water partition coefficient (Wildman–Crippen LogP) is 6.17. The van der Waals surface area contributed by atoms with Crippen molar-refractivity contribution in [2.45, 2.75) is 19.4 Å². The molecule has 0 aliphatic carbocycles. The highest BCUT2D eigenvalue weighted by molar-refractivity contribution is 7.16. The SMILES string of the molecule is COc1ccc(-c2nc(NOCc3cc(OC)c(OC)c(OC)c3)sc2CCc2ccccc2)cc1. The second kappa shape index (κ2) is 12.3. The molecule has 7 nitrogen and oxygen atoms in total. The Kier molecular flexibility index (Phi) is 8.65. The molecule has 1 N–H and O–H groups in total. The smallest absolute Gasteiger partial charge is 0.207 e. The maximum atomic E-state index is 5.81. The van der Waals surface area contributed by atoms with Gasteiger partial charge in [-0.15, -0.1) is 0 Å². The van der Waals surface area contributed by atoms with Crippen LogP contribution in [-0.2, 0) is 24.3 Å². The molecule has 0 saturated carbocycles. The molecule has 4 rings (SSSR count). The van der Waals surface area contributed by atoms with Crippen molar-refractivity contribution >= 4 is 16.5 Å². The molecule has 36 heavy (non-hydrogen) atoms. The van der Waals surface area contributed by atoms with Crippen LogP contribution in [0.5, 0.6) is 23.0 Å². The average Bonchev–Trinajstić information content (AvgIpc) is 3.34. The molecule has 0 spiro atoms. The summed E-state index contributed by atoms with van der Waals surface area (Å²) >= 11 is 1.59. The Morgan fingerprint density at radius 3 is 2.06 bits per heavy atom. The van der Waals surface area contributed by atoms with Crippen LogP contribution in [0.15, 0.2) is 66.7 Å². The molecule has 0 radical (unpaired) electrons. The highest BCUT2D eigenvalue weighted by Crippen LogP contribution is 2.38. The van der Waals surface area contributed by atoms with Crippen molar-refractivity contribution in [3.63, 3.8) is 0 Å². The summed E-state index contributed by atoms with van der Waals surface area (Å²) in [5.74, 6) is 2.51. The van der Waals surface area contributed by atoms with Gasteiger partial charge in [-0.05, 0) is 60.4 Å². The lowest BCUT2D eigenvalue weighted by atomic mass is 10.1. The van der Waals surface area contributed by atoms with Crippen molar-refractivity contribution < 1.29 is 23.8 Å². The normalized spacial score (nSPS) is 10.7. The Balaban J connectivity index is 1.51. The fourth-order valence-corrected chi connectivity index (χ4v) is 4.78. The van der Waals surface area contributed by atoms with Crippen molar-refractivity contribution in [1.29, 1.82) is 0 Å². The number of thiazole rings is 1. The molecule has 3 aromatic carbocycles. The first-order valence-corrected chi connectivity index (χ1v) is 12.3. The molecule has 0 fully saturated rings. The first-order chi connectivity index (χ1) is 17.6. The van der Waals surface area contributed by atoms with Crippen molar-refractivity contribution in [2.24, 2.45) is 0 Å². The van der Waals surface area contributed by atoms with Crippen LogP contribution in [0.4, 0.5) is 5.13 Å². The number of ether oxygens (including phenoxy) is 4. The van der Waals surface area contributed by atoms with Gasteiger partial charge in [-0.25, -0.2) is 10.5 Å². The second-order valence-corrected chi connectivity index (χ2v) is 9.01. The van der Waals surface area contributed by atoms with Crippen LogP contribution >= 0.6 is 11.3 Å². The zero-order chi connectivity index (χ0) is 25.3. The molecule has 0 aliphatic heterocycles. The molecule has 0 atom stereocenters. The number of anilines is 1. The van der Waals surface area contributed by atoms with Gasteiger partial charge >= 0.3 is 0 Å². The van der Waals surface area contributed by atoms with Gasteiger partial charge in [-0.1, -0.05) is 41.7 Å². The monoisotopic (exact) mass is 506 g/mol. The van der Waals surface area contributed by atoms with E-state index in [0.717, 1.165) is 35.4 Å². The summed E-state index contributed by atoms with van der Waals surface area (Å²) in [4.78, 5) is 11.8. The quantitative estimate of drug-likeness (QED) is 0.230. The lowest BCUT2D eigenvalue weighted by Gasteiger charge is -2.14. The van der Waals surface area contributed by atoms with Gasteiger partial charge in [0, 0.05) is 10.4 Å². The van der Waals surface area contributed by atoms with Crippen LogP contribution < -0.4 is 24.4 Å². The minimum Gasteiger partial charge on any atom is -0.497 e. The van der Waals surface area contributed by atoms with Gasteiger partial charge in [0.2, 0.25) is 10.9 Å². The van der Waals surface area contributed by atoms with Crippen LogP contribution in [0.2, 0.25) is 0 Å². The molecule has 0 bridgehead atoms. The van der Waals surface area contributed by atoms with Crippen molar-refractivity contribution in [1.82, 2.24) is 4.98 Å². The number of nitrogens with one attached hydrogen (secondary N) is 1. The summed E-state index contributed by atoms with van der Waals surface area (Å²) in [6.07, 6.45) is 1.80. The van der Waals surface area contributed by atoms with E-state index in [2.05, 4.69) is 29.7 Å². The van der Waals surface area contributed by atoms with Gasteiger partial charge in [0.25, 0.3) is 0 Å². The van der Waals surface area contributed by atoms with Crippen molar-refractivity contribution in [2.75, 3.05) is 33.9 Å². The number of hydrogen-bond acceptors (Lipinski definition) is 8. The number of methoxy groups -OCH3 is 4. The van der Waals surface area contributed by atoms with E-state index in [1.165, 1.54) is 10.4 Å². The average molecular weight is 507 g/mol. The zero-order valence-electron chi connectivity index (χ0n) is 20.9. The zero-order valence-corrected chi connectivity index (χ0v) is 21.7. The largest absolute Gasteiger partial charge is 0.497 e. The van der Waals surface area contributed by atoms with E-state index in [1.54, 1.807) is 39.8 Å². The molecule has 0 saturated heterocycles. The molecular formula is C28H30N2O5S. The van der Waals surface area contributed by atoms with Crippen molar-refractivity contribution in [3.05, 3.63) is 82.7 Å². The van der Waals surface area contributed by atoms with Crippen LogP contribution in [0.25, 0.3) is 11.3 Å². The van der Waals surface area contributed by atoms with E-state index in [-0.39, 0.29) is 6.61 Å². The summed E-state index contributed by atoms with van der Waals surface area (Å²) in [6, 6.07) is 22.1. The molecule has 188 valence electrons. The fraction of sp³-hybridized carbons (Fsp3) is 0.250. The molecular weight excluding hydrogens is 476 g/mol. The lowest BCUT2D eigenvalue weighted by Crippen LogP contribution is -2.03. The molecule has 0 unspecified atom stereocenters. The van der Waals surface area contributed by atoms with E-state index < -0.39 is 0 Å². The van der Waals surface area contributed by atoms with E-state index in [9.17, 15) is 0 Å². The standard InChI is InChI=1S/C28H30N2O5S/c1-31-22-13-11-21(12-14-22)26-25(15-10-19-8-6-5-7-9-19)36-28(29-26)30-35-18-20-16-23(32-2)27(34-4)24(17-20)33-3/h5-9,11-14,16-17H,10,15,18H2,1-4H3,(H,29,30). The summed E-state index contributed by atoms with van der Waals surface area (Å²) in [5, 5.41) is 0.691. The van der Waals surface area contributed by atoms with Crippen LogP contribution in [0.1, 0.15) is 16.0 Å². The predicted molar refractivity (Wildman–Crippen MR) is 142 cm³/mol. The summed E-state index contributed by atoms with van der Waals surface area (Å²) in [6.45, 7) is 0.285. The number of hydrogen-bond donors (Lipinski definition) is 1. The third-order valence-corrected chi connectivity index (χ3v) is 6.68. The Morgan fingerprint density at radius 2 is 1.44 bits per heavy atom. The lowest BCUT2D eigenvalue weighted by molar-refractivity contribution is 0.179. The number of nitrogens with zero attached hydrogens (tertiary/aromatic N) is 1. The molecule has 4 aromatic rings. The van der Waals surface area contributed by atoms with Crippen molar-refractivity contribution in [3.8, 4) is 34.3 Å². The Bertz CT molecular complexity index is 1230.